The molecule has 1 aromatic heterocycles. The Hall–Kier alpha value is -2.07. The van der Waals surface area contributed by atoms with Crippen LogP contribution in [0, 0.1) is 0 Å². The van der Waals surface area contributed by atoms with E-state index in [-0.39, 0.29) is 5.91 Å². The van der Waals surface area contributed by atoms with Gasteiger partial charge in [0.25, 0.3) is 5.91 Å². The molecule has 24 heavy (non-hydrogen) atoms. The van der Waals surface area contributed by atoms with Crippen LogP contribution in [0.1, 0.15) is 43.0 Å². The van der Waals surface area contributed by atoms with Crippen LogP contribution in [0.2, 0.25) is 5.02 Å². The number of piperidine rings is 1. The summed E-state index contributed by atoms with van der Waals surface area (Å²) >= 11 is 5.90. The number of hydrogen-bond acceptors (Lipinski definition) is 3. The highest BCUT2D eigenvalue weighted by Gasteiger charge is 2.26. The molecule has 1 aromatic carbocycles. The molecule has 2 aromatic rings. The molecule has 1 unspecified atom stereocenters. The third kappa shape index (κ3) is 3.88. The van der Waals surface area contributed by atoms with Gasteiger partial charge >= 0.3 is 0 Å². The minimum absolute atomic E-state index is 0.0776. The minimum Gasteiger partial charge on any atom is -0.354 e. The monoisotopic (exact) mass is 343 g/mol. The van der Waals surface area contributed by atoms with Crippen molar-refractivity contribution in [2.75, 3.05) is 11.9 Å². The number of carbonyl (C=O) groups is 1. The number of likely N-dealkylation sites (tertiary alicyclic amines) is 1. The summed E-state index contributed by atoms with van der Waals surface area (Å²) in [6, 6.07) is 9.66. The van der Waals surface area contributed by atoms with E-state index in [1.165, 1.54) is 6.42 Å². The molecule has 0 radical (unpaired) electrons. The first-order chi connectivity index (χ1) is 11.7. The van der Waals surface area contributed by atoms with Gasteiger partial charge in [-0.15, -0.1) is 0 Å². The van der Waals surface area contributed by atoms with Crippen molar-refractivity contribution in [1.29, 1.82) is 0 Å². The van der Waals surface area contributed by atoms with Gasteiger partial charge in [0.1, 0.15) is 0 Å². The Labute approximate surface area is 147 Å². The smallest absolute Gasteiger partial charge is 0.255 e. The quantitative estimate of drug-likeness (QED) is 0.860. The van der Waals surface area contributed by atoms with E-state index in [4.69, 9.17) is 11.6 Å². The Balaban J connectivity index is 1.76. The van der Waals surface area contributed by atoms with Crippen molar-refractivity contribution in [3.63, 3.8) is 0 Å². The van der Waals surface area contributed by atoms with Crippen molar-refractivity contribution < 1.29 is 4.79 Å². The van der Waals surface area contributed by atoms with Gasteiger partial charge in [-0.25, -0.2) is 0 Å². The van der Waals surface area contributed by atoms with Crippen LogP contribution < -0.4 is 5.32 Å². The van der Waals surface area contributed by atoms with Crippen LogP contribution >= 0.6 is 11.6 Å². The first kappa shape index (κ1) is 16.8. The molecule has 0 saturated carbocycles. The number of halogens is 1. The Morgan fingerprint density at radius 2 is 2.04 bits per heavy atom. The molecule has 5 heteroatoms. The molecule has 126 valence electrons. The first-order valence-corrected chi connectivity index (χ1v) is 8.84. The number of aromatic nitrogens is 1. The fourth-order valence-electron chi connectivity index (χ4n) is 3.18. The van der Waals surface area contributed by atoms with Crippen LogP contribution in [0.4, 0.5) is 11.4 Å². The number of pyridine rings is 1. The summed E-state index contributed by atoms with van der Waals surface area (Å²) in [6.07, 6.45) is 7.76. The lowest BCUT2D eigenvalue weighted by atomic mass is 9.99. The van der Waals surface area contributed by atoms with Gasteiger partial charge in [0.05, 0.1) is 17.4 Å². The van der Waals surface area contributed by atoms with Crippen LogP contribution in [-0.4, -0.2) is 28.4 Å². The van der Waals surface area contributed by atoms with Gasteiger partial charge in [-0.2, -0.15) is 0 Å². The molecular weight excluding hydrogens is 322 g/mol. The van der Waals surface area contributed by atoms with E-state index in [0.717, 1.165) is 37.2 Å². The van der Waals surface area contributed by atoms with Gasteiger partial charge in [0, 0.05) is 29.5 Å². The topological polar surface area (TPSA) is 45.2 Å². The van der Waals surface area contributed by atoms with Crippen molar-refractivity contribution in [3.8, 4) is 0 Å². The summed E-state index contributed by atoms with van der Waals surface area (Å²) in [6.45, 7) is 2.99. The number of anilines is 2. The molecule has 3 rings (SSSR count). The number of carbonyl (C=O) groups excluding carboxylic acids is 1. The molecule has 1 atom stereocenters. The van der Waals surface area contributed by atoms with Gasteiger partial charge < -0.3 is 10.2 Å². The average Bonchev–Trinajstić information content (AvgIpc) is 2.63. The highest BCUT2D eigenvalue weighted by Crippen LogP contribution is 2.23. The summed E-state index contributed by atoms with van der Waals surface area (Å²) in [5.41, 5.74) is 2.35. The van der Waals surface area contributed by atoms with E-state index in [1.807, 2.05) is 35.2 Å². The molecule has 0 spiro atoms. The number of benzene rings is 1. The lowest BCUT2D eigenvalue weighted by Crippen LogP contribution is -2.43. The maximum Gasteiger partial charge on any atom is 0.255 e. The highest BCUT2D eigenvalue weighted by molar-refractivity contribution is 6.30. The molecule has 0 aliphatic carbocycles. The zero-order valence-electron chi connectivity index (χ0n) is 13.8. The zero-order chi connectivity index (χ0) is 16.9. The largest absolute Gasteiger partial charge is 0.354 e. The fourth-order valence-corrected chi connectivity index (χ4v) is 3.31. The van der Waals surface area contributed by atoms with Crippen LogP contribution in [0.25, 0.3) is 0 Å². The van der Waals surface area contributed by atoms with E-state index in [9.17, 15) is 4.79 Å². The Bertz CT molecular complexity index is 702. The number of rotatable bonds is 4. The maximum atomic E-state index is 12.9. The van der Waals surface area contributed by atoms with Crippen LogP contribution in [0.3, 0.4) is 0 Å². The molecule has 1 saturated heterocycles. The normalized spacial score (nSPS) is 17.6. The van der Waals surface area contributed by atoms with Gasteiger partial charge in [0.2, 0.25) is 0 Å². The summed E-state index contributed by atoms with van der Waals surface area (Å²) in [4.78, 5) is 19.1. The van der Waals surface area contributed by atoms with Crippen LogP contribution in [0.5, 0.6) is 0 Å². The molecule has 1 amide bonds. The molecular formula is C19H22ClN3O. The zero-order valence-corrected chi connectivity index (χ0v) is 14.6. The van der Waals surface area contributed by atoms with Gasteiger partial charge in [0.15, 0.2) is 0 Å². The van der Waals surface area contributed by atoms with E-state index in [2.05, 4.69) is 17.2 Å². The second kappa shape index (κ2) is 7.67. The van der Waals surface area contributed by atoms with Crippen molar-refractivity contribution in [2.45, 2.75) is 38.6 Å². The van der Waals surface area contributed by atoms with E-state index in [0.29, 0.717) is 16.6 Å². The Morgan fingerprint density at radius 1 is 1.25 bits per heavy atom. The van der Waals surface area contributed by atoms with Gasteiger partial charge in [-0.3, -0.25) is 9.78 Å². The SMILES string of the molecule is CCC1CCCCN1C(=O)c1cncc(Nc2ccc(Cl)cc2)c1. The lowest BCUT2D eigenvalue weighted by molar-refractivity contribution is 0.0607. The summed E-state index contributed by atoms with van der Waals surface area (Å²) in [5.74, 6) is 0.0776. The average molecular weight is 344 g/mol. The van der Waals surface area contributed by atoms with Gasteiger partial charge in [-0.1, -0.05) is 18.5 Å². The fraction of sp³-hybridized carbons (Fsp3) is 0.368. The maximum absolute atomic E-state index is 12.9. The number of nitrogens with zero attached hydrogens (tertiary/aromatic N) is 2. The summed E-state index contributed by atoms with van der Waals surface area (Å²) in [5, 5.41) is 3.96. The lowest BCUT2D eigenvalue weighted by Gasteiger charge is -2.35. The third-order valence-corrected chi connectivity index (χ3v) is 4.73. The van der Waals surface area contributed by atoms with Crippen LogP contribution in [0.15, 0.2) is 42.7 Å². The van der Waals surface area contributed by atoms with Crippen molar-refractivity contribution in [1.82, 2.24) is 9.88 Å². The van der Waals surface area contributed by atoms with Crippen LogP contribution in [-0.2, 0) is 0 Å². The predicted octanol–water partition coefficient (Wildman–Crippen LogP) is 4.88. The van der Waals surface area contributed by atoms with E-state index >= 15 is 0 Å². The minimum atomic E-state index is 0.0776. The van der Waals surface area contributed by atoms with Gasteiger partial charge in [-0.05, 0) is 56.0 Å². The number of amides is 1. The standard InChI is InChI=1S/C19H22ClN3O/c1-2-18-5-3-4-10-23(18)19(24)14-11-17(13-21-12-14)22-16-8-6-15(20)7-9-16/h6-9,11-13,18,22H,2-5,10H2,1H3. The van der Waals surface area contributed by atoms with Crippen molar-refractivity contribution in [2.24, 2.45) is 0 Å². The molecule has 2 heterocycles. The van der Waals surface area contributed by atoms with E-state index in [1.54, 1.807) is 12.4 Å². The molecule has 1 aliphatic heterocycles. The first-order valence-electron chi connectivity index (χ1n) is 8.46. The molecule has 4 nitrogen and oxygen atoms in total. The number of nitrogens with one attached hydrogen (secondary N) is 1. The van der Waals surface area contributed by atoms with Crippen molar-refractivity contribution >= 4 is 28.9 Å². The molecule has 1 aliphatic rings. The third-order valence-electron chi connectivity index (χ3n) is 4.48. The Morgan fingerprint density at radius 3 is 2.79 bits per heavy atom. The summed E-state index contributed by atoms with van der Waals surface area (Å²) < 4.78 is 0. The second-order valence-electron chi connectivity index (χ2n) is 6.15. The molecule has 1 fully saturated rings. The second-order valence-corrected chi connectivity index (χ2v) is 6.59. The number of hydrogen-bond donors (Lipinski definition) is 1. The molecule has 1 N–H and O–H groups in total. The Kier molecular flexibility index (Phi) is 5.36. The van der Waals surface area contributed by atoms with E-state index < -0.39 is 0 Å². The molecule has 0 bridgehead atoms. The van der Waals surface area contributed by atoms with Crippen molar-refractivity contribution in [3.05, 3.63) is 53.3 Å². The predicted molar refractivity (Wildman–Crippen MR) is 97.9 cm³/mol. The summed E-state index contributed by atoms with van der Waals surface area (Å²) in [7, 11) is 0. The highest BCUT2D eigenvalue weighted by atomic mass is 35.5.